The van der Waals surface area contributed by atoms with E-state index in [2.05, 4.69) is 25.7 Å². The van der Waals surface area contributed by atoms with E-state index < -0.39 is 0 Å². The molecular formula is C12H21N5O. The fourth-order valence-electron chi connectivity index (χ4n) is 2.13. The van der Waals surface area contributed by atoms with Crippen LogP contribution < -0.4 is 15.5 Å². The lowest BCUT2D eigenvalue weighted by atomic mass is 10.3. The summed E-state index contributed by atoms with van der Waals surface area (Å²) in [5.41, 5.74) is 1.13. The summed E-state index contributed by atoms with van der Waals surface area (Å²) >= 11 is 0. The molecule has 1 atom stereocenters. The third-order valence-corrected chi connectivity index (χ3v) is 3.21. The second-order valence-electron chi connectivity index (χ2n) is 4.44. The Morgan fingerprint density at radius 1 is 1.56 bits per heavy atom. The van der Waals surface area contributed by atoms with Crippen molar-refractivity contribution >= 4 is 11.5 Å². The van der Waals surface area contributed by atoms with Gasteiger partial charge < -0.3 is 20.3 Å². The Morgan fingerprint density at radius 3 is 3.17 bits per heavy atom. The van der Waals surface area contributed by atoms with Crippen LogP contribution in [0.5, 0.6) is 0 Å². The van der Waals surface area contributed by atoms with Crippen molar-refractivity contribution in [1.29, 1.82) is 0 Å². The third-order valence-electron chi connectivity index (χ3n) is 3.21. The molecule has 6 nitrogen and oxygen atoms in total. The van der Waals surface area contributed by atoms with Crippen molar-refractivity contribution in [2.24, 2.45) is 0 Å². The van der Waals surface area contributed by atoms with Crippen LogP contribution in [0.3, 0.4) is 0 Å². The topological polar surface area (TPSA) is 62.3 Å². The number of hydrogen-bond acceptors (Lipinski definition) is 6. The van der Waals surface area contributed by atoms with Gasteiger partial charge in [-0.2, -0.15) is 5.10 Å². The summed E-state index contributed by atoms with van der Waals surface area (Å²) in [4.78, 5) is 2.33. The van der Waals surface area contributed by atoms with Gasteiger partial charge in [0.25, 0.3) is 0 Å². The summed E-state index contributed by atoms with van der Waals surface area (Å²) in [6.07, 6.45) is 2.99. The molecule has 2 heterocycles. The van der Waals surface area contributed by atoms with E-state index in [1.165, 1.54) is 6.42 Å². The van der Waals surface area contributed by atoms with E-state index in [1.54, 1.807) is 7.11 Å². The SMILES string of the molecule is CNC1CCN(c2cnnc(NCCOC)c2)C1. The highest BCUT2D eigenvalue weighted by atomic mass is 16.5. The molecule has 0 aromatic carbocycles. The zero-order valence-corrected chi connectivity index (χ0v) is 11.0. The molecule has 0 amide bonds. The number of anilines is 2. The fourth-order valence-corrected chi connectivity index (χ4v) is 2.13. The predicted molar refractivity (Wildman–Crippen MR) is 72.1 cm³/mol. The van der Waals surface area contributed by atoms with Gasteiger partial charge in [0.15, 0.2) is 5.82 Å². The molecule has 0 aliphatic carbocycles. The van der Waals surface area contributed by atoms with Gasteiger partial charge in [-0.25, -0.2) is 0 Å². The van der Waals surface area contributed by atoms with E-state index >= 15 is 0 Å². The highest BCUT2D eigenvalue weighted by molar-refractivity contribution is 5.52. The number of rotatable bonds is 6. The molecule has 0 spiro atoms. The van der Waals surface area contributed by atoms with Gasteiger partial charge in [0.1, 0.15) is 0 Å². The van der Waals surface area contributed by atoms with Crippen LogP contribution in [0.4, 0.5) is 11.5 Å². The zero-order valence-electron chi connectivity index (χ0n) is 11.0. The summed E-state index contributed by atoms with van der Waals surface area (Å²) in [5.74, 6) is 0.803. The first-order valence-corrected chi connectivity index (χ1v) is 6.31. The van der Waals surface area contributed by atoms with Crippen molar-refractivity contribution in [2.75, 3.05) is 50.6 Å². The van der Waals surface area contributed by atoms with Gasteiger partial charge in [0.05, 0.1) is 18.5 Å². The molecule has 1 aromatic rings. The Morgan fingerprint density at radius 2 is 2.44 bits per heavy atom. The molecule has 1 unspecified atom stereocenters. The second-order valence-corrected chi connectivity index (χ2v) is 4.44. The summed E-state index contributed by atoms with van der Waals surface area (Å²) < 4.78 is 4.99. The van der Waals surface area contributed by atoms with Crippen LogP contribution in [-0.4, -0.2) is 56.6 Å². The van der Waals surface area contributed by atoms with Crippen molar-refractivity contribution in [3.05, 3.63) is 12.3 Å². The quantitative estimate of drug-likeness (QED) is 0.711. The lowest BCUT2D eigenvalue weighted by Crippen LogP contribution is -2.29. The van der Waals surface area contributed by atoms with Crippen molar-refractivity contribution < 1.29 is 4.74 Å². The van der Waals surface area contributed by atoms with Gasteiger partial charge >= 0.3 is 0 Å². The summed E-state index contributed by atoms with van der Waals surface area (Å²) in [5, 5.41) is 14.6. The Balaban J connectivity index is 1.94. The molecule has 2 rings (SSSR count). The highest BCUT2D eigenvalue weighted by Crippen LogP contribution is 2.20. The monoisotopic (exact) mass is 251 g/mol. The average molecular weight is 251 g/mol. The summed E-state index contributed by atoms with van der Waals surface area (Å²) in [6.45, 7) is 3.50. The molecule has 1 aromatic heterocycles. The Hall–Kier alpha value is -1.40. The molecule has 0 saturated carbocycles. The van der Waals surface area contributed by atoms with Crippen LogP contribution in [0.1, 0.15) is 6.42 Å². The van der Waals surface area contributed by atoms with E-state index in [-0.39, 0.29) is 0 Å². The lowest BCUT2D eigenvalue weighted by molar-refractivity contribution is 0.210. The van der Waals surface area contributed by atoms with Gasteiger partial charge in [-0.3, -0.25) is 0 Å². The van der Waals surface area contributed by atoms with Crippen molar-refractivity contribution in [3.8, 4) is 0 Å². The number of hydrogen-bond donors (Lipinski definition) is 2. The molecule has 18 heavy (non-hydrogen) atoms. The van der Waals surface area contributed by atoms with E-state index in [0.29, 0.717) is 12.6 Å². The standard InChI is InChI=1S/C12H21N5O/c1-13-10-3-5-17(9-10)11-7-12(16-15-8-11)14-4-6-18-2/h7-8,10,13H,3-6,9H2,1-2H3,(H,14,16). The van der Waals surface area contributed by atoms with Crippen molar-refractivity contribution in [3.63, 3.8) is 0 Å². The average Bonchev–Trinajstić information content (AvgIpc) is 2.88. The van der Waals surface area contributed by atoms with Crippen LogP contribution in [-0.2, 0) is 4.74 Å². The summed E-state index contributed by atoms with van der Waals surface area (Å²) in [6, 6.07) is 2.61. The maximum absolute atomic E-state index is 4.99. The van der Waals surface area contributed by atoms with E-state index in [0.717, 1.165) is 31.1 Å². The molecule has 0 radical (unpaired) electrons. The minimum absolute atomic E-state index is 0.572. The minimum Gasteiger partial charge on any atom is -0.383 e. The number of nitrogens with one attached hydrogen (secondary N) is 2. The zero-order chi connectivity index (χ0) is 12.8. The molecular weight excluding hydrogens is 230 g/mol. The number of methoxy groups -OCH3 is 1. The van der Waals surface area contributed by atoms with Crippen LogP contribution in [0.2, 0.25) is 0 Å². The van der Waals surface area contributed by atoms with E-state index in [4.69, 9.17) is 4.74 Å². The molecule has 1 aliphatic rings. The molecule has 2 N–H and O–H groups in total. The number of ether oxygens (including phenoxy) is 1. The number of nitrogens with zero attached hydrogens (tertiary/aromatic N) is 3. The third kappa shape index (κ3) is 3.30. The van der Waals surface area contributed by atoms with Crippen LogP contribution in [0, 0.1) is 0 Å². The first-order valence-electron chi connectivity index (χ1n) is 6.31. The number of likely N-dealkylation sites (N-methyl/N-ethyl adjacent to an activating group) is 1. The van der Waals surface area contributed by atoms with Gasteiger partial charge in [-0.05, 0) is 13.5 Å². The Labute approximate surface area is 108 Å². The first kappa shape index (κ1) is 13.0. The van der Waals surface area contributed by atoms with Crippen LogP contribution >= 0.6 is 0 Å². The van der Waals surface area contributed by atoms with Crippen LogP contribution in [0.25, 0.3) is 0 Å². The fraction of sp³-hybridized carbons (Fsp3) is 0.667. The Bertz CT molecular complexity index is 373. The highest BCUT2D eigenvalue weighted by Gasteiger charge is 2.21. The minimum atomic E-state index is 0.572. The summed E-state index contributed by atoms with van der Waals surface area (Å²) in [7, 11) is 3.70. The van der Waals surface area contributed by atoms with Crippen molar-refractivity contribution in [1.82, 2.24) is 15.5 Å². The normalized spacial score (nSPS) is 19.2. The van der Waals surface area contributed by atoms with E-state index in [1.807, 2.05) is 19.3 Å². The number of aromatic nitrogens is 2. The van der Waals surface area contributed by atoms with Gasteiger partial charge in [-0.15, -0.1) is 5.10 Å². The van der Waals surface area contributed by atoms with Crippen molar-refractivity contribution in [2.45, 2.75) is 12.5 Å². The molecule has 1 fully saturated rings. The maximum atomic E-state index is 4.99. The molecule has 1 aliphatic heterocycles. The van der Waals surface area contributed by atoms with Gasteiger partial charge in [0.2, 0.25) is 0 Å². The largest absolute Gasteiger partial charge is 0.383 e. The molecule has 0 bridgehead atoms. The molecule has 1 saturated heterocycles. The Kier molecular flexibility index (Phi) is 4.72. The van der Waals surface area contributed by atoms with E-state index in [9.17, 15) is 0 Å². The predicted octanol–water partition coefficient (Wildman–Crippen LogP) is 0.333. The second kappa shape index (κ2) is 6.51. The van der Waals surface area contributed by atoms with Crippen LogP contribution in [0.15, 0.2) is 12.3 Å². The first-order chi connectivity index (χ1) is 8.83. The molecule has 6 heteroatoms. The lowest BCUT2D eigenvalue weighted by Gasteiger charge is -2.18. The molecule has 100 valence electrons. The maximum Gasteiger partial charge on any atom is 0.150 e. The van der Waals surface area contributed by atoms with Gasteiger partial charge in [0, 0.05) is 38.9 Å². The van der Waals surface area contributed by atoms with Gasteiger partial charge in [-0.1, -0.05) is 0 Å². The smallest absolute Gasteiger partial charge is 0.150 e.